The molecule has 2 saturated carbocycles. The van der Waals surface area contributed by atoms with Crippen molar-refractivity contribution in [2.45, 2.75) is 62.7 Å². The van der Waals surface area contributed by atoms with Crippen molar-refractivity contribution >= 4 is 13.2 Å². The normalized spacial score (nSPS) is 19.7. The molecule has 23 heavy (non-hydrogen) atoms. The number of hydrogen-bond donors (Lipinski definition) is 0. The van der Waals surface area contributed by atoms with Crippen LogP contribution in [0.3, 0.4) is 0 Å². The average molecular weight is 322 g/mol. The zero-order valence-electron chi connectivity index (χ0n) is 14.0. The highest BCUT2D eigenvalue weighted by Gasteiger charge is 2.33. The van der Waals surface area contributed by atoms with Gasteiger partial charge in [-0.1, -0.05) is 82.1 Å². The lowest BCUT2D eigenvalue weighted by atomic mass is 10.1. The van der Waals surface area contributed by atoms with Crippen LogP contribution in [-0.2, 0) is 0 Å². The topological polar surface area (TPSA) is 0 Å². The Morgan fingerprint density at radius 3 is 1.78 bits per heavy atom. The Hall–Kier alpha value is -1.13. The van der Waals surface area contributed by atoms with Gasteiger partial charge in [-0.05, 0) is 59.5 Å². The Morgan fingerprint density at radius 2 is 1.17 bits per heavy atom. The van der Waals surface area contributed by atoms with Crippen LogP contribution in [0.15, 0.2) is 54.6 Å². The van der Waals surface area contributed by atoms with E-state index < -0.39 is 0 Å². The van der Waals surface area contributed by atoms with Crippen LogP contribution in [-0.4, -0.2) is 11.3 Å². The molecule has 120 valence electrons. The number of benzene rings is 2. The van der Waals surface area contributed by atoms with Gasteiger partial charge in [0.05, 0.1) is 0 Å². The van der Waals surface area contributed by atoms with E-state index in [4.69, 9.17) is 0 Å². The van der Waals surface area contributed by atoms with E-state index in [0.29, 0.717) is 0 Å². The fourth-order valence-corrected chi connectivity index (χ4v) is 8.39. The van der Waals surface area contributed by atoms with Crippen LogP contribution in [0.4, 0.5) is 0 Å². The smallest absolute Gasteiger partial charge is 0.0166 e. The minimum absolute atomic E-state index is 0.0354. The zero-order valence-corrected chi connectivity index (χ0v) is 14.8. The Morgan fingerprint density at radius 1 is 0.609 bits per heavy atom. The molecule has 0 aromatic heterocycles. The van der Waals surface area contributed by atoms with E-state index in [0.717, 1.165) is 11.3 Å². The predicted molar refractivity (Wildman–Crippen MR) is 103 cm³/mol. The van der Waals surface area contributed by atoms with Crippen LogP contribution < -0.4 is 5.30 Å². The molecule has 1 heteroatoms. The molecule has 0 saturated heterocycles. The van der Waals surface area contributed by atoms with Crippen molar-refractivity contribution in [2.24, 2.45) is 0 Å². The SMILES string of the molecule is c1ccc(-c2cccc(P(C3CCCC3)C3CCCC3)c2)cc1. The second kappa shape index (κ2) is 7.18. The third-order valence-corrected chi connectivity index (χ3v) is 9.17. The van der Waals surface area contributed by atoms with Crippen LogP contribution in [0.25, 0.3) is 11.1 Å². The fourth-order valence-electron chi connectivity index (χ4n) is 4.56. The van der Waals surface area contributed by atoms with Gasteiger partial charge in [0, 0.05) is 0 Å². The Labute approximate surface area is 142 Å². The van der Waals surface area contributed by atoms with Gasteiger partial charge in [-0.25, -0.2) is 0 Å². The van der Waals surface area contributed by atoms with Crippen LogP contribution in [0.5, 0.6) is 0 Å². The second-order valence-corrected chi connectivity index (χ2v) is 9.99. The maximum atomic E-state index is 2.53. The van der Waals surface area contributed by atoms with Crippen LogP contribution in [0.1, 0.15) is 51.4 Å². The standard InChI is InChI=1S/C22H27P/c1-2-9-18(10-3-1)19-11-8-16-22(17-19)23(20-12-4-5-13-20)21-14-6-7-15-21/h1-3,8-11,16-17,20-21H,4-7,12-15H2. The maximum Gasteiger partial charge on any atom is -0.0166 e. The van der Waals surface area contributed by atoms with Crippen LogP contribution in [0, 0.1) is 0 Å². The summed E-state index contributed by atoms with van der Waals surface area (Å²) in [5.74, 6) is 0. The molecule has 0 N–H and O–H groups in total. The zero-order chi connectivity index (χ0) is 15.5. The molecule has 2 aromatic rings. The summed E-state index contributed by atoms with van der Waals surface area (Å²) in [7, 11) is 0.0354. The fraction of sp³-hybridized carbons (Fsp3) is 0.455. The molecule has 2 aliphatic rings. The van der Waals surface area contributed by atoms with Crippen molar-refractivity contribution in [2.75, 3.05) is 0 Å². The second-order valence-electron chi connectivity index (χ2n) is 7.20. The van der Waals surface area contributed by atoms with Gasteiger partial charge in [-0.2, -0.15) is 0 Å². The molecule has 0 amide bonds. The lowest BCUT2D eigenvalue weighted by molar-refractivity contribution is 0.835. The molecule has 4 rings (SSSR count). The molecule has 0 nitrogen and oxygen atoms in total. The molecule has 2 aromatic carbocycles. The van der Waals surface area contributed by atoms with Crippen molar-refractivity contribution in [1.82, 2.24) is 0 Å². The van der Waals surface area contributed by atoms with Gasteiger partial charge < -0.3 is 0 Å². The molecule has 0 spiro atoms. The summed E-state index contributed by atoms with van der Waals surface area (Å²) in [4.78, 5) is 0. The van der Waals surface area contributed by atoms with Gasteiger partial charge >= 0.3 is 0 Å². The van der Waals surface area contributed by atoms with E-state index >= 15 is 0 Å². The van der Waals surface area contributed by atoms with Gasteiger partial charge in [0.2, 0.25) is 0 Å². The molecule has 0 radical (unpaired) electrons. The summed E-state index contributed by atoms with van der Waals surface area (Å²) >= 11 is 0. The highest BCUT2D eigenvalue weighted by Crippen LogP contribution is 2.56. The first kappa shape index (κ1) is 15.4. The molecular formula is C22H27P. The van der Waals surface area contributed by atoms with Crippen LogP contribution >= 0.6 is 7.92 Å². The van der Waals surface area contributed by atoms with E-state index in [-0.39, 0.29) is 7.92 Å². The lowest BCUT2D eigenvalue weighted by Crippen LogP contribution is -2.19. The first-order valence-electron chi connectivity index (χ1n) is 9.36. The quantitative estimate of drug-likeness (QED) is 0.576. The summed E-state index contributed by atoms with van der Waals surface area (Å²) in [6, 6.07) is 20.5. The first-order valence-corrected chi connectivity index (χ1v) is 10.8. The molecule has 0 aliphatic heterocycles. The van der Waals surface area contributed by atoms with Gasteiger partial charge in [0.1, 0.15) is 0 Å². The van der Waals surface area contributed by atoms with E-state index in [1.54, 1.807) is 5.30 Å². The molecule has 0 heterocycles. The summed E-state index contributed by atoms with van der Waals surface area (Å²) in [5.41, 5.74) is 4.77. The van der Waals surface area contributed by atoms with Gasteiger partial charge in [-0.15, -0.1) is 0 Å². The molecule has 0 atom stereocenters. The molecule has 0 unspecified atom stereocenters. The Balaban J connectivity index is 1.68. The molecule has 2 fully saturated rings. The Bertz CT molecular complexity index is 605. The van der Waals surface area contributed by atoms with Gasteiger partial charge in [0.25, 0.3) is 0 Å². The lowest BCUT2D eigenvalue weighted by Gasteiger charge is -2.31. The van der Waals surface area contributed by atoms with Crippen LogP contribution in [0.2, 0.25) is 0 Å². The van der Waals surface area contributed by atoms with Gasteiger partial charge in [-0.3, -0.25) is 0 Å². The van der Waals surface area contributed by atoms with Crippen molar-refractivity contribution in [3.8, 4) is 11.1 Å². The number of hydrogen-bond acceptors (Lipinski definition) is 0. The monoisotopic (exact) mass is 322 g/mol. The maximum absolute atomic E-state index is 2.53. The number of rotatable bonds is 4. The highest BCUT2D eigenvalue weighted by molar-refractivity contribution is 7.67. The van der Waals surface area contributed by atoms with E-state index in [2.05, 4.69) is 54.6 Å². The summed E-state index contributed by atoms with van der Waals surface area (Å²) in [6.07, 6.45) is 11.8. The summed E-state index contributed by atoms with van der Waals surface area (Å²) in [6.45, 7) is 0. The Kier molecular flexibility index (Phi) is 4.81. The molecule has 0 bridgehead atoms. The summed E-state index contributed by atoms with van der Waals surface area (Å²) < 4.78 is 0. The molecular weight excluding hydrogens is 295 g/mol. The van der Waals surface area contributed by atoms with Crippen molar-refractivity contribution in [3.63, 3.8) is 0 Å². The minimum Gasteiger partial charge on any atom is -0.0689 e. The first-order chi connectivity index (χ1) is 11.4. The predicted octanol–water partition coefficient (Wildman–Crippen LogP) is 6.35. The highest BCUT2D eigenvalue weighted by atomic mass is 31.1. The summed E-state index contributed by atoms with van der Waals surface area (Å²) in [5, 5.41) is 1.68. The van der Waals surface area contributed by atoms with Crippen molar-refractivity contribution in [1.29, 1.82) is 0 Å². The third-order valence-electron chi connectivity index (χ3n) is 5.69. The van der Waals surface area contributed by atoms with Gasteiger partial charge in [0.15, 0.2) is 0 Å². The van der Waals surface area contributed by atoms with E-state index in [1.807, 2.05) is 0 Å². The largest absolute Gasteiger partial charge is 0.0689 e. The van der Waals surface area contributed by atoms with E-state index in [1.165, 1.54) is 62.5 Å². The van der Waals surface area contributed by atoms with Crippen molar-refractivity contribution < 1.29 is 0 Å². The molecule has 2 aliphatic carbocycles. The van der Waals surface area contributed by atoms with E-state index in [9.17, 15) is 0 Å². The van der Waals surface area contributed by atoms with Crippen molar-refractivity contribution in [3.05, 3.63) is 54.6 Å². The minimum atomic E-state index is 0.0354. The third kappa shape index (κ3) is 3.38. The average Bonchev–Trinajstić information content (AvgIpc) is 3.31.